The molecule has 4 rings (SSSR count). The van der Waals surface area contributed by atoms with Crippen molar-refractivity contribution in [2.75, 3.05) is 32.7 Å². The van der Waals surface area contributed by atoms with Gasteiger partial charge in [-0.3, -0.25) is 4.79 Å². The van der Waals surface area contributed by atoms with E-state index in [0.717, 1.165) is 49.0 Å². The van der Waals surface area contributed by atoms with Crippen LogP contribution in [0.4, 0.5) is 4.39 Å². The van der Waals surface area contributed by atoms with Crippen LogP contribution in [0.25, 0.3) is 5.69 Å². The number of hydrogen-bond acceptors (Lipinski definition) is 3. The lowest BCUT2D eigenvalue weighted by atomic mass is 9.94. The minimum atomic E-state index is -0.279. The summed E-state index contributed by atoms with van der Waals surface area (Å²) in [5, 5.41) is 4.58. The molecule has 2 aliphatic rings. The average Bonchev–Trinajstić information content (AvgIpc) is 3.04. The molecule has 3 heterocycles. The number of rotatable bonds is 4. The molecule has 1 amide bonds. The second-order valence-electron chi connectivity index (χ2n) is 9.18. The Bertz CT molecular complexity index is 883. The Hall–Kier alpha value is -2.21. The number of carbonyl (C=O) groups is 1. The number of likely N-dealkylation sites (tertiary alicyclic amines) is 2. The molecule has 30 heavy (non-hydrogen) atoms. The van der Waals surface area contributed by atoms with Crippen molar-refractivity contribution >= 4 is 5.91 Å². The van der Waals surface area contributed by atoms with Crippen LogP contribution in [0.1, 0.15) is 54.4 Å². The minimum Gasteiger partial charge on any atom is -0.338 e. The van der Waals surface area contributed by atoms with Crippen molar-refractivity contribution in [1.29, 1.82) is 0 Å². The van der Waals surface area contributed by atoms with E-state index in [4.69, 9.17) is 0 Å². The molecular formula is C24H33FN4O. The fourth-order valence-corrected chi connectivity index (χ4v) is 4.95. The summed E-state index contributed by atoms with van der Waals surface area (Å²) in [6.45, 7) is 11.3. The van der Waals surface area contributed by atoms with Crippen molar-refractivity contribution in [3.8, 4) is 5.69 Å². The second kappa shape index (κ2) is 8.88. The van der Waals surface area contributed by atoms with Crippen molar-refractivity contribution in [3.05, 3.63) is 47.0 Å². The molecule has 0 aliphatic carbocycles. The van der Waals surface area contributed by atoms with Gasteiger partial charge in [-0.05, 0) is 88.7 Å². The highest BCUT2D eigenvalue weighted by Gasteiger charge is 2.30. The highest BCUT2D eigenvalue weighted by atomic mass is 19.1. The van der Waals surface area contributed by atoms with Gasteiger partial charge in [-0.2, -0.15) is 5.10 Å². The van der Waals surface area contributed by atoms with Crippen molar-refractivity contribution in [3.63, 3.8) is 0 Å². The maximum Gasteiger partial charge on any atom is 0.257 e. The lowest BCUT2D eigenvalue weighted by Crippen LogP contribution is -2.45. The van der Waals surface area contributed by atoms with Crippen LogP contribution in [0.3, 0.4) is 0 Å². The molecule has 0 radical (unpaired) electrons. The van der Waals surface area contributed by atoms with Gasteiger partial charge in [-0.25, -0.2) is 9.07 Å². The van der Waals surface area contributed by atoms with E-state index < -0.39 is 0 Å². The van der Waals surface area contributed by atoms with Crippen LogP contribution in [0.5, 0.6) is 0 Å². The number of halogens is 1. The Kier molecular flexibility index (Phi) is 6.23. The topological polar surface area (TPSA) is 41.4 Å². The maximum atomic E-state index is 13.4. The Morgan fingerprint density at radius 1 is 1.10 bits per heavy atom. The summed E-state index contributed by atoms with van der Waals surface area (Å²) in [4.78, 5) is 18.0. The number of amides is 1. The number of benzene rings is 1. The molecule has 6 heteroatoms. The summed E-state index contributed by atoms with van der Waals surface area (Å²) in [5.41, 5.74) is 3.00. The van der Waals surface area contributed by atoms with Crippen molar-refractivity contribution < 1.29 is 9.18 Å². The van der Waals surface area contributed by atoms with Crippen molar-refractivity contribution in [2.24, 2.45) is 11.8 Å². The molecule has 2 aromatic rings. The number of nitrogens with zero attached hydrogens (tertiary/aromatic N) is 4. The van der Waals surface area contributed by atoms with Crippen LogP contribution < -0.4 is 0 Å². The maximum absolute atomic E-state index is 13.4. The number of carbonyl (C=O) groups excluding carboxylic acids is 1. The third-order valence-electron chi connectivity index (χ3n) is 6.78. The molecule has 2 aliphatic heterocycles. The smallest absolute Gasteiger partial charge is 0.257 e. The predicted molar refractivity (Wildman–Crippen MR) is 116 cm³/mol. The molecular weight excluding hydrogens is 379 g/mol. The first-order valence-electron chi connectivity index (χ1n) is 11.3. The summed E-state index contributed by atoms with van der Waals surface area (Å²) in [5.74, 6) is 1.19. The number of hydrogen-bond donors (Lipinski definition) is 0. The molecule has 0 saturated carbocycles. The molecule has 0 spiro atoms. The fourth-order valence-electron chi connectivity index (χ4n) is 4.95. The van der Waals surface area contributed by atoms with Gasteiger partial charge in [0.2, 0.25) is 0 Å². The number of aryl methyl sites for hydroxylation is 1. The average molecular weight is 413 g/mol. The Labute approximate surface area is 178 Å². The Balaban J connectivity index is 1.46. The van der Waals surface area contributed by atoms with Crippen LogP contribution in [-0.4, -0.2) is 58.2 Å². The van der Waals surface area contributed by atoms with E-state index in [9.17, 15) is 9.18 Å². The molecule has 1 atom stereocenters. The van der Waals surface area contributed by atoms with Gasteiger partial charge in [0.25, 0.3) is 5.91 Å². The molecule has 5 nitrogen and oxygen atoms in total. The summed E-state index contributed by atoms with van der Waals surface area (Å²) < 4.78 is 15.0. The van der Waals surface area contributed by atoms with Gasteiger partial charge in [-0.15, -0.1) is 0 Å². The zero-order chi connectivity index (χ0) is 21.3. The van der Waals surface area contributed by atoms with E-state index in [0.29, 0.717) is 11.5 Å². The molecule has 0 bridgehead atoms. The van der Waals surface area contributed by atoms with Gasteiger partial charge in [0.15, 0.2) is 0 Å². The van der Waals surface area contributed by atoms with Crippen LogP contribution in [0, 0.1) is 31.5 Å². The van der Waals surface area contributed by atoms with Crippen LogP contribution >= 0.6 is 0 Å². The number of piperidine rings is 2. The van der Waals surface area contributed by atoms with Gasteiger partial charge in [0, 0.05) is 19.6 Å². The molecule has 2 saturated heterocycles. The second-order valence-corrected chi connectivity index (χ2v) is 9.18. The molecule has 1 aromatic carbocycles. The minimum absolute atomic E-state index is 0.0790. The lowest BCUT2D eigenvalue weighted by Gasteiger charge is -2.38. The van der Waals surface area contributed by atoms with Gasteiger partial charge >= 0.3 is 0 Å². The fraction of sp³-hybridized carbons (Fsp3) is 0.583. The van der Waals surface area contributed by atoms with Gasteiger partial charge in [-0.1, -0.05) is 6.92 Å². The van der Waals surface area contributed by atoms with Crippen LogP contribution in [0.15, 0.2) is 24.3 Å². The van der Waals surface area contributed by atoms with E-state index >= 15 is 0 Å². The van der Waals surface area contributed by atoms with Gasteiger partial charge in [0.1, 0.15) is 5.82 Å². The van der Waals surface area contributed by atoms with Crippen LogP contribution in [-0.2, 0) is 0 Å². The van der Waals surface area contributed by atoms with E-state index in [1.807, 2.05) is 18.7 Å². The number of aromatic nitrogens is 2. The summed E-state index contributed by atoms with van der Waals surface area (Å²) in [6, 6.07) is 6.23. The lowest BCUT2D eigenvalue weighted by molar-refractivity contribution is 0.0621. The summed E-state index contributed by atoms with van der Waals surface area (Å²) >= 11 is 0. The third kappa shape index (κ3) is 4.43. The Morgan fingerprint density at radius 3 is 2.50 bits per heavy atom. The largest absolute Gasteiger partial charge is 0.338 e. The SMILES string of the molecule is Cc1nn(-c2ccc(F)cc2)c(C)c1C(=O)N1CCCC(CN2CCC(C)CC2)C1. The summed E-state index contributed by atoms with van der Waals surface area (Å²) in [7, 11) is 0. The highest BCUT2D eigenvalue weighted by Crippen LogP contribution is 2.25. The normalized spacial score (nSPS) is 21.2. The molecule has 1 aromatic heterocycles. The van der Waals surface area contributed by atoms with E-state index in [1.54, 1.807) is 16.8 Å². The Morgan fingerprint density at radius 2 is 1.80 bits per heavy atom. The van der Waals surface area contributed by atoms with Crippen molar-refractivity contribution in [1.82, 2.24) is 19.6 Å². The first-order valence-corrected chi connectivity index (χ1v) is 11.3. The van der Waals surface area contributed by atoms with Gasteiger partial charge < -0.3 is 9.80 Å². The van der Waals surface area contributed by atoms with E-state index in [2.05, 4.69) is 16.9 Å². The zero-order valence-electron chi connectivity index (χ0n) is 18.4. The molecule has 162 valence electrons. The van der Waals surface area contributed by atoms with E-state index in [1.165, 1.54) is 44.5 Å². The van der Waals surface area contributed by atoms with Gasteiger partial charge in [0.05, 0.1) is 22.6 Å². The highest BCUT2D eigenvalue weighted by molar-refractivity contribution is 5.96. The molecule has 2 fully saturated rings. The van der Waals surface area contributed by atoms with Crippen molar-refractivity contribution in [2.45, 2.75) is 46.5 Å². The van der Waals surface area contributed by atoms with E-state index in [-0.39, 0.29) is 11.7 Å². The standard InChI is InChI=1S/C24H33FN4O/c1-17-10-13-27(14-11-17)15-20-5-4-12-28(16-20)24(30)23-18(2)26-29(19(23)3)22-8-6-21(25)7-9-22/h6-9,17,20H,4-5,10-16H2,1-3H3. The quantitative estimate of drug-likeness (QED) is 0.755. The molecule has 0 N–H and O–H groups in total. The third-order valence-corrected chi connectivity index (χ3v) is 6.78. The zero-order valence-corrected chi connectivity index (χ0v) is 18.4. The monoisotopic (exact) mass is 412 g/mol. The predicted octanol–water partition coefficient (Wildman–Crippen LogP) is 4.21. The first kappa shape index (κ1) is 21.0. The van der Waals surface area contributed by atoms with Crippen LogP contribution in [0.2, 0.25) is 0 Å². The molecule has 1 unspecified atom stereocenters. The first-order chi connectivity index (χ1) is 14.4. The summed E-state index contributed by atoms with van der Waals surface area (Å²) in [6.07, 6.45) is 4.83.